The molecule has 1 aliphatic carbocycles. The average molecular weight is 165 g/mol. The predicted molar refractivity (Wildman–Crippen MR) is 49.8 cm³/mol. The first-order valence-corrected chi connectivity index (χ1v) is 4.33. The highest BCUT2D eigenvalue weighted by atomic mass is 15.2. The summed E-state index contributed by atoms with van der Waals surface area (Å²) in [6.45, 7) is 6.22. The number of allylic oxidation sites excluding steroid dienone is 1. The van der Waals surface area contributed by atoms with Crippen LogP contribution in [-0.2, 0) is 0 Å². The predicted octanol–water partition coefficient (Wildman–Crippen LogP) is 3.58. The monoisotopic (exact) mass is 165 g/mol. The summed E-state index contributed by atoms with van der Waals surface area (Å²) in [7, 11) is 0. The van der Waals surface area contributed by atoms with Crippen LogP contribution in [0.4, 0.5) is 0 Å². The quantitative estimate of drug-likeness (QED) is 0.247. The van der Waals surface area contributed by atoms with E-state index in [-0.39, 0.29) is 5.54 Å². The van der Waals surface area contributed by atoms with Crippen LogP contribution in [0, 0.1) is 0 Å². The molecule has 0 aromatic rings. The summed E-state index contributed by atoms with van der Waals surface area (Å²) in [5, 5.41) is 3.87. The van der Waals surface area contributed by atoms with Gasteiger partial charge in [0, 0.05) is 4.91 Å². The van der Waals surface area contributed by atoms with E-state index in [2.05, 4.69) is 23.9 Å². The minimum Gasteiger partial charge on any atom is -0.0832 e. The summed E-state index contributed by atoms with van der Waals surface area (Å²) in [6, 6.07) is 0. The molecule has 0 saturated heterocycles. The summed E-state index contributed by atoms with van der Waals surface area (Å²) < 4.78 is 0. The molecule has 0 spiro atoms. The molecule has 3 heteroatoms. The number of rotatable bonds is 1. The Bertz CT molecular complexity index is 261. The van der Waals surface area contributed by atoms with E-state index in [0.717, 1.165) is 19.3 Å². The molecule has 3 nitrogen and oxygen atoms in total. The van der Waals surface area contributed by atoms with E-state index in [0.29, 0.717) is 0 Å². The molecule has 0 heterocycles. The smallest absolute Gasteiger partial charge is 0.0669 e. The van der Waals surface area contributed by atoms with Gasteiger partial charge in [0.2, 0.25) is 0 Å². The Kier molecular flexibility index (Phi) is 2.43. The van der Waals surface area contributed by atoms with Crippen LogP contribution >= 0.6 is 0 Å². The second-order valence-electron chi connectivity index (χ2n) is 3.72. The molecule has 1 unspecified atom stereocenters. The third-order valence-electron chi connectivity index (χ3n) is 2.93. The molecule has 1 aliphatic rings. The molecule has 0 N–H and O–H groups in total. The first-order chi connectivity index (χ1) is 5.60. The fourth-order valence-corrected chi connectivity index (χ4v) is 1.76. The van der Waals surface area contributed by atoms with Crippen molar-refractivity contribution >= 4 is 0 Å². The van der Waals surface area contributed by atoms with Crippen molar-refractivity contribution in [1.29, 1.82) is 0 Å². The van der Waals surface area contributed by atoms with Crippen LogP contribution in [0.25, 0.3) is 10.4 Å². The highest BCUT2D eigenvalue weighted by molar-refractivity contribution is 5.25. The second kappa shape index (κ2) is 3.20. The maximum atomic E-state index is 8.42. The van der Waals surface area contributed by atoms with E-state index in [9.17, 15) is 0 Å². The molecule has 0 bridgehead atoms. The SMILES string of the molecule is CC1=C(C)C(C)(N=[N+]=[N-])CCC1. The summed E-state index contributed by atoms with van der Waals surface area (Å²) in [6.07, 6.45) is 3.28. The second-order valence-corrected chi connectivity index (χ2v) is 3.72. The van der Waals surface area contributed by atoms with Crippen LogP contribution in [0.15, 0.2) is 16.3 Å². The Morgan fingerprint density at radius 3 is 2.75 bits per heavy atom. The fourth-order valence-electron chi connectivity index (χ4n) is 1.76. The average Bonchev–Trinajstić information content (AvgIpc) is 2.01. The molecule has 0 fully saturated rings. The van der Waals surface area contributed by atoms with Gasteiger partial charge in [-0.05, 0) is 38.6 Å². The number of azide groups is 1. The lowest BCUT2D eigenvalue weighted by Crippen LogP contribution is -2.26. The molecule has 0 aliphatic heterocycles. The van der Waals surface area contributed by atoms with Gasteiger partial charge in [-0.2, -0.15) is 0 Å². The Labute approximate surface area is 73.1 Å². The Morgan fingerprint density at radius 2 is 2.17 bits per heavy atom. The van der Waals surface area contributed by atoms with Gasteiger partial charge in [-0.25, -0.2) is 0 Å². The van der Waals surface area contributed by atoms with Gasteiger partial charge in [-0.1, -0.05) is 23.2 Å². The molecule has 12 heavy (non-hydrogen) atoms. The summed E-state index contributed by atoms with van der Waals surface area (Å²) >= 11 is 0. The summed E-state index contributed by atoms with van der Waals surface area (Å²) in [5.74, 6) is 0. The standard InChI is InChI=1S/C9H15N3/c1-7-5-4-6-9(3,8(7)2)11-12-10/h4-6H2,1-3H3. The fraction of sp³-hybridized carbons (Fsp3) is 0.778. The molecule has 1 atom stereocenters. The Morgan fingerprint density at radius 1 is 1.50 bits per heavy atom. The van der Waals surface area contributed by atoms with E-state index < -0.39 is 0 Å². The molecule has 0 aromatic carbocycles. The minimum atomic E-state index is -0.253. The molecular formula is C9H15N3. The zero-order valence-electron chi connectivity index (χ0n) is 7.96. The van der Waals surface area contributed by atoms with Gasteiger partial charge >= 0.3 is 0 Å². The maximum Gasteiger partial charge on any atom is 0.0669 e. The van der Waals surface area contributed by atoms with Crippen molar-refractivity contribution in [2.24, 2.45) is 5.11 Å². The normalized spacial score (nSPS) is 29.9. The first-order valence-electron chi connectivity index (χ1n) is 4.33. The number of hydrogen-bond donors (Lipinski definition) is 0. The van der Waals surface area contributed by atoms with E-state index in [4.69, 9.17) is 5.53 Å². The lowest BCUT2D eigenvalue weighted by Gasteiger charge is -2.31. The van der Waals surface area contributed by atoms with Crippen LogP contribution < -0.4 is 0 Å². The van der Waals surface area contributed by atoms with Crippen LogP contribution in [0.2, 0.25) is 0 Å². The van der Waals surface area contributed by atoms with Crippen molar-refractivity contribution in [2.45, 2.75) is 45.6 Å². The van der Waals surface area contributed by atoms with Crippen molar-refractivity contribution in [3.8, 4) is 0 Å². The lowest BCUT2D eigenvalue weighted by molar-refractivity contribution is 0.450. The molecule has 0 aromatic heterocycles. The molecule has 1 rings (SSSR count). The zero-order valence-corrected chi connectivity index (χ0v) is 7.96. The third-order valence-corrected chi connectivity index (χ3v) is 2.93. The van der Waals surface area contributed by atoms with Gasteiger partial charge in [0.25, 0.3) is 0 Å². The molecule has 0 amide bonds. The molecule has 0 saturated carbocycles. The Balaban J connectivity index is 3.05. The number of hydrogen-bond acceptors (Lipinski definition) is 1. The van der Waals surface area contributed by atoms with Crippen LogP contribution in [0.1, 0.15) is 40.0 Å². The van der Waals surface area contributed by atoms with E-state index in [1.165, 1.54) is 11.1 Å². The van der Waals surface area contributed by atoms with E-state index >= 15 is 0 Å². The molecular weight excluding hydrogens is 150 g/mol. The minimum absolute atomic E-state index is 0.253. The van der Waals surface area contributed by atoms with Crippen molar-refractivity contribution in [3.63, 3.8) is 0 Å². The van der Waals surface area contributed by atoms with Gasteiger partial charge in [-0.15, -0.1) is 0 Å². The van der Waals surface area contributed by atoms with Crippen LogP contribution in [-0.4, -0.2) is 5.54 Å². The Hall–Kier alpha value is -0.950. The van der Waals surface area contributed by atoms with Crippen molar-refractivity contribution in [1.82, 2.24) is 0 Å². The van der Waals surface area contributed by atoms with Crippen molar-refractivity contribution in [2.75, 3.05) is 0 Å². The number of nitrogens with zero attached hydrogens (tertiary/aromatic N) is 3. The summed E-state index contributed by atoms with van der Waals surface area (Å²) in [5.41, 5.74) is 10.8. The highest BCUT2D eigenvalue weighted by Gasteiger charge is 2.28. The largest absolute Gasteiger partial charge is 0.0832 e. The maximum absolute atomic E-state index is 8.42. The summed E-state index contributed by atoms with van der Waals surface area (Å²) in [4.78, 5) is 2.91. The van der Waals surface area contributed by atoms with Gasteiger partial charge in [-0.3, -0.25) is 0 Å². The van der Waals surface area contributed by atoms with Gasteiger partial charge < -0.3 is 0 Å². The topological polar surface area (TPSA) is 48.8 Å². The lowest BCUT2D eigenvalue weighted by atomic mass is 9.79. The first kappa shape index (κ1) is 9.14. The van der Waals surface area contributed by atoms with Crippen LogP contribution in [0.3, 0.4) is 0 Å². The molecule has 0 radical (unpaired) electrons. The molecule has 66 valence electrons. The van der Waals surface area contributed by atoms with Gasteiger partial charge in [0.15, 0.2) is 0 Å². The van der Waals surface area contributed by atoms with Crippen molar-refractivity contribution in [3.05, 3.63) is 21.6 Å². The third kappa shape index (κ3) is 1.46. The van der Waals surface area contributed by atoms with Gasteiger partial charge in [0.05, 0.1) is 5.54 Å². The van der Waals surface area contributed by atoms with E-state index in [1.807, 2.05) is 6.92 Å². The highest BCUT2D eigenvalue weighted by Crippen LogP contribution is 2.35. The zero-order chi connectivity index (χ0) is 9.19. The van der Waals surface area contributed by atoms with E-state index in [1.54, 1.807) is 0 Å². The van der Waals surface area contributed by atoms with Gasteiger partial charge in [0.1, 0.15) is 0 Å². The van der Waals surface area contributed by atoms with Crippen molar-refractivity contribution < 1.29 is 0 Å². The van der Waals surface area contributed by atoms with Crippen LogP contribution in [0.5, 0.6) is 0 Å².